The highest BCUT2D eigenvalue weighted by Gasteiger charge is 2.35. The van der Waals surface area contributed by atoms with E-state index >= 15 is 0 Å². The highest BCUT2D eigenvalue weighted by Crippen LogP contribution is 2.42. The lowest BCUT2D eigenvalue weighted by Gasteiger charge is -2.20. The SMILES string of the molecule is O=C=Nc1c(Br)cc(O)c2c1C(=O)c1ccccc1C2=O. The molecule has 0 saturated carbocycles. The van der Waals surface area contributed by atoms with Crippen molar-refractivity contribution in [2.45, 2.75) is 0 Å². The number of carbonyl (C=O) groups is 2. The molecule has 0 atom stereocenters. The average Bonchev–Trinajstić information content (AvgIpc) is 2.47. The topological polar surface area (TPSA) is 83.8 Å². The summed E-state index contributed by atoms with van der Waals surface area (Å²) in [5.74, 6) is -1.28. The van der Waals surface area contributed by atoms with Crippen molar-refractivity contribution in [2.75, 3.05) is 0 Å². The Bertz CT molecular complexity index is 866. The van der Waals surface area contributed by atoms with E-state index in [1.165, 1.54) is 24.3 Å². The van der Waals surface area contributed by atoms with Crippen molar-refractivity contribution in [1.82, 2.24) is 0 Å². The highest BCUT2D eigenvalue weighted by atomic mass is 79.9. The number of aromatic hydroxyl groups is 1. The molecule has 2 aromatic carbocycles. The van der Waals surface area contributed by atoms with Crippen LogP contribution in [-0.4, -0.2) is 22.8 Å². The summed E-state index contributed by atoms with van der Waals surface area (Å²) in [4.78, 5) is 39.1. The lowest BCUT2D eigenvalue weighted by molar-refractivity contribution is 0.0977. The molecule has 1 aliphatic carbocycles. The molecular weight excluding hydrogens is 338 g/mol. The normalized spacial score (nSPS) is 12.4. The minimum atomic E-state index is -0.479. The first-order valence-corrected chi connectivity index (χ1v) is 6.67. The van der Waals surface area contributed by atoms with Crippen LogP contribution in [0.3, 0.4) is 0 Å². The molecule has 0 aromatic heterocycles. The van der Waals surface area contributed by atoms with E-state index in [0.29, 0.717) is 0 Å². The molecule has 0 bridgehead atoms. The van der Waals surface area contributed by atoms with Crippen LogP contribution in [-0.2, 0) is 4.79 Å². The van der Waals surface area contributed by atoms with Gasteiger partial charge in [-0.1, -0.05) is 24.3 Å². The van der Waals surface area contributed by atoms with Crippen LogP contribution in [0.4, 0.5) is 5.69 Å². The summed E-state index contributed by atoms with van der Waals surface area (Å²) in [6, 6.07) is 7.53. The molecule has 0 unspecified atom stereocenters. The van der Waals surface area contributed by atoms with E-state index in [4.69, 9.17) is 0 Å². The Morgan fingerprint density at radius 2 is 1.62 bits per heavy atom. The van der Waals surface area contributed by atoms with Gasteiger partial charge < -0.3 is 5.11 Å². The van der Waals surface area contributed by atoms with Crippen LogP contribution in [0.2, 0.25) is 0 Å². The zero-order valence-corrected chi connectivity index (χ0v) is 12.0. The quantitative estimate of drug-likeness (QED) is 0.543. The summed E-state index contributed by atoms with van der Waals surface area (Å²) in [5.41, 5.74) is 0.194. The van der Waals surface area contributed by atoms with Crippen LogP contribution >= 0.6 is 15.9 Å². The van der Waals surface area contributed by atoms with Gasteiger partial charge in [0, 0.05) is 15.6 Å². The Morgan fingerprint density at radius 3 is 2.19 bits per heavy atom. The first kappa shape index (κ1) is 13.4. The van der Waals surface area contributed by atoms with Gasteiger partial charge in [-0.25, -0.2) is 4.79 Å². The van der Waals surface area contributed by atoms with Crippen molar-refractivity contribution in [1.29, 1.82) is 0 Å². The van der Waals surface area contributed by atoms with Gasteiger partial charge in [0.25, 0.3) is 0 Å². The summed E-state index contributed by atoms with van der Waals surface area (Å²) in [5, 5.41) is 10.0. The number of halogens is 1. The molecular formula is C15H6BrNO4. The number of phenolic OH excluding ortho intramolecular Hbond substituents is 1. The van der Waals surface area contributed by atoms with Gasteiger partial charge in [0.1, 0.15) is 11.4 Å². The Balaban J connectivity index is 2.45. The van der Waals surface area contributed by atoms with Gasteiger partial charge in [0.2, 0.25) is 6.08 Å². The van der Waals surface area contributed by atoms with Gasteiger partial charge in [-0.2, -0.15) is 4.99 Å². The van der Waals surface area contributed by atoms with Crippen LogP contribution in [0, 0.1) is 0 Å². The summed E-state index contributed by atoms with van der Waals surface area (Å²) in [6.07, 6.45) is 1.35. The van der Waals surface area contributed by atoms with Crippen molar-refractivity contribution < 1.29 is 19.5 Å². The number of hydrogen-bond donors (Lipinski definition) is 1. The second kappa shape index (κ2) is 4.77. The summed E-state index contributed by atoms with van der Waals surface area (Å²) in [7, 11) is 0. The fourth-order valence-corrected chi connectivity index (χ4v) is 2.88. The molecule has 3 rings (SSSR count). The first-order chi connectivity index (χ1) is 10.1. The predicted molar refractivity (Wildman–Crippen MR) is 76.9 cm³/mol. The molecule has 21 heavy (non-hydrogen) atoms. The van der Waals surface area contributed by atoms with Crippen molar-refractivity contribution in [3.8, 4) is 5.75 Å². The molecule has 102 valence electrons. The number of benzene rings is 2. The number of isocyanates is 1. The van der Waals surface area contributed by atoms with Crippen molar-refractivity contribution in [3.63, 3.8) is 0 Å². The number of nitrogens with zero attached hydrogens (tertiary/aromatic N) is 1. The molecule has 1 N–H and O–H groups in total. The Morgan fingerprint density at radius 1 is 1.05 bits per heavy atom. The number of hydrogen-bond acceptors (Lipinski definition) is 5. The molecule has 5 nitrogen and oxygen atoms in total. The van der Waals surface area contributed by atoms with E-state index in [2.05, 4.69) is 20.9 Å². The minimum Gasteiger partial charge on any atom is -0.507 e. The average molecular weight is 344 g/mol. The summed E-state index contributed by atoms with van der Waals surface area (Å²) >= 11 is 3.12. The predicted octanol–water partition coefficient (Wildman–Crippen LogP) is 2.90. The third-order valence-electron chi connectivity index (χ3n) is 3.26. The molecule has 1 aliphatic rings. The van der Waals surface area contributed by atoms with Crippen LogP contribution in [0.25, 0.3) is 0 Å². The first-order valence-electron chi connectivity index (χ1n) is 5.88. The fourth-order valence-electron chi connectivity index (χ4n) is 2.38. The van der Waals surface area contributed by atoms with E-state index in [0.717, 1.165) is 0 Å². The number of rotatable bonds is 1. The summed E-state index contributed by atoms with van der Waals surface area (Å²) in [6.45, 7) is 0. The molecule has 0 radical (unpaired) electrons. The maximum atomic E-state index is 12.6. The van der Waals surface area contributed by atoms with Gasteiger partial charge >= 0.3 is 0 Å². The van der Waals surface area contributed by atoms with Crippen LogP contribution in [0.15, 0.2) is 39.8 Å². The van der Waals surface area contributed by atoms with Crippen LogP contribution < -0.4 is 0 Å². The monoisotopic (exact) mass is 343 g/mol. The lowest BCUT2D eigenvalue weighted by atomic mass is 9.83. The van der Waals surface area contributed by atoms with Gasteiger partial charge in [-0.05, 0) is 22.0 Å². The molecule has 6 heteroatoms. The zero-order valence-electron chi connectivity index (χ0n) is 10.4. The standard InChI is InChI=1S/C15H6BrNO4/c16-9-5-10(19)11-12(13(9)17-6-18)15(21)8-4-2-1-3-7(8)14(11)20/h1-5,19H. The van der Waals surface area contributed by atoms with Crippen LogP contribution in [0.1, 0.15) is 31.8 Å². The summed E-state index contributed by atoms with van der Waals surface area (Å²) < 4.78 is 0.239. The van der Waals surface area contributed by atoms with Gasteiger partial charge in [-0.3, -0.25) is 9.59 Å². The van der Waals surface area contributed by atoms with Gasteiger partial charge in [0.15, 0.2) is 11.6 Å². The Labute approximate surface area is 127 Å². The number of carbonyl (C=O) groups excluding carboxylic acids is 3. The van der Waals surface area contributed by atoms with E-state index in [1.807, 2.05) is 0 Å². The van der Waals surface area contributed by atoms with Crippen molar-refractivity contribution in [2.24, 2.45) is 4.99 Å². The van der Waals surface area contributed by atoms with E-state index in [9.17, 15) is 19.5 Å². The third-order valence-corrected chi connectivity index (χ3v) is 3.86. The number of fused-ring (bicyclic) bond motifs is 2. The lowest BCUT2D eigenvalue weighted by Crippen LogP contribution is -2.21. The van der Waals surface area contributed by atoms with Crippen molar-refractivity contribution >= 4 is 39.3 Å². The number of aliphatic imine (C=N–C) groups is 1. The molecule has 0 fully saturated rings. The number of phenols is 1. The van der Waals surface area contributed by atoms with Crippen molar-refractivity contribution in [3.05, 3.63) is 57.1 Å². The Kier molecular flexibility index (Phi) is 3.05. The van der Waals surface area contributed by atoms with E-state index in [1.54, 1.807) is 12.1 Å². The molecule has 2 aromatic rings. The molecule has 0 amide bonds. The zero-order chi connectivity index (χ0) is 15.1. The second-order valence-electron chi connectivity index (χ2n) is 4.38. The third kappa shape index (κ3) is 1.85. The molecule has 0 saturated heterocycles. The Hall–Kier alpha value is -2.56. The largest absolute Gasteiger partial charge is 0.507 e. The fraction of sp³-hybridized carbons (Fsp3) is 0. The maximum Gasteiger partial charge on any atom is 0.240 e. The smallest absolute Gasteiger partial charge is 0.240 e. The van der Waals surface area contributed by atoms with E-state index < -0.39 is 11.6 Å². The minimum absolute atomic E-state index is 0.00865. The van der Waals surface area contributed by atoms with Gasteiger partial charge in [0.05, 0.1) is 11.1 Å². The van der Waals surface area contributed by atoms with E-state index in [-0.39, 0.29) is 38.2 Å². The van der Waals surface area contributed by atoms with Crippen LogP contribution in [0.5, 0.6) is 5.75 Å². The second-order valence-corrected chi connectivity index (χ2v) is 5.24. The molecule has 0 spiro atoms. The molecule has 0 aliphatic heterocycles. The van der Waals surface area contributed by atoms with Gasteiger partial charge in [-0.15, -0.1) is 0 Å². The number of ketones is 2. The maximum absolute atomic E-state index is 12.6. The molecule has 0 heterocycles. The highest BCUT2D eigenvalue weighted by molar-refractivity contribution is 9.10.